The van der Waals surface area contributed by atoms with Gasteiger partial charge in [-0.15, -0.1) is 0 Å². The van der Waals surface area contributed by atoms with Crippen LogP contribution in [0.25, 0.3) is 0 Å². The van der Waals surface area contributed by atoms with Crippen LogP contribution in [0.4, 0.5) is 0 Å². The number of carbonyl (C=O) groups is 1. The minimum absolute atomic E-state index is 0.145. The highest BCUT2D eigenvalue weighted by Gasteiger charge is 2.41. The molecule has 0 radical (unpaired) electrons. The van der Waals surface area contributed by atoms with Crippen LogP contribution in [0.5, 0.6) is 0 Å². The fraction of sp³-hybridized carbons (Fsp3) is 0.529. The number of hydrogen-bond acceptors (Lipinski definition) is 2. The van der Waals surface area contributed by atoms with Crippen molar-refractivity contribution in [1.82, 2.24) is 10.6 Å². The van der Waals surface area contributed by atoms with Crippen LogP contribution in [0, 0.1) is 17.8 Å². The van der Waals surface area contributed by atoms with Crippen LogP contribution in [0.1, 0.15) is 43.0 Å². The van der Waals surface area contributed by atoms with Crippen molar-refractivity contribution >= 4 is 23.2 Å². The minimum Gasteiger partial charge on any atom is -0.360 e. The molecule has 3 nitrogen and oxygen atoms in total. The summed E-state index contributed by atoms with van der Waals surface area (Å²) in [4.78, 5) is 12.0. The van der Waals surface area contributed by atoms with Crippen molar-refractivity contribution in [2.24, 2.45) is 17.8 Å². The largest absolute Gasteiger partial charge is 0.360 e. The van der Waals surface area contributed by atoms with Gasteiger partial charge < -0.3 is 5.32 Å². The predicted molar refractivity (Wildman–Crippen MR) is 88.0 cm³/mol. The van der Waals surface area contributed by atoms with E-state index in [1.807, 2.05) is 18.2 Å². The Morgan fingerprint density at radius 1 is 1.24 bits per heavy atom. The van der Waals surface area contributed by atoms with Crippen molar-refractivity contribution in [1.29, 1.82) is 0 Å². The first-order valence-electron chi connectivity index (χ1n) is 7.80. The van der Waals surface area contributed by atoms with Gasteiger partial charge in [0.2, 0.25) is 0 Å². The Balaban J connectivity index is 1.51. The molecule has 21 heavy (non-hydrogen) atoms. The van der Waals surface area contributed by atoms with Crippen LogP contribution in [-0.2, 0) is 0 Å². The maximum atomic E-state index is 12.0. The van der Waals surface area contributed by atoms with Gasteiger partial charge in [0.15, 0.2) is 5.11 Å². The second-order valence-electron chi connectivity index (χ2n) is 6.42. The normalized spacial score (nSPS) is 28.1. The fourth-order valence-corrected chi connectivity index (χ4v) is 4.30. The third-order valence-electron chi connectivity index (χ3n) is 5.06. The van der Waals surface area contributed by atoms with E-state index >= 15 is 0 Å². The first-order valence-corrected chi connectivity index (χ1v) is 8.21. The van der Waals surface area contributed by atoms with E-state index in [0.717, 1.165) is 11.8 Å². The van der Waals surface area contributed by atoms with Crippen LogP contribution in [-0.4, -0.2) is 17.1 Å². The maximum absolute atomic E-state index is 12.0. The van der Waals surface area contributed by atoms with Crippen molar-refractivity contribution in [3.63, 3.8) is 0 Å². The molecule has 112 valence electrons. The Bertz CT molecular complexity index is 531. The van der Waals surface area contributed by atoms with Crippen molar-refractivity contribution in [3.05, 3.63) is 35.9 Å². The van der Waals surface area contributed by atoms with Gasteiger partial charge in [0, 0.05) is 11.6 Å². The van der Waals surface area contributed by atoms with Gasteiger partial charge >= 0.3 is 0 Å². The lowest BCUT2D eigenvalue weighted by Gasteiger charge is -2.29. The average Bonchev–Trinajstić information content (AvgIpc) is 3.10. The number of benzene rings is 1. The summed E-state index contributed by atoms with van der Waals surface area (Å²) in [6.45, 7) is 2.19. The van der Waals surface area contributed by atoms with Crippen LogP contribution in [0.3, 0.4) is 0 Å². The molecule has 4 atom stereocenters. The minimum atomic E-state index is -0.145. The lowest BCUT2D eigenvalue weighted by molar-refractivity contribution is 0.0976. The molecule has 2 saturated carbocycles. The molecule has 0 aromatic heterocycles. The van der Waals surface area contributed by atoms with Crippen molar-refractivity contribution in [3.8, 4) is 0 Å². The summed E-state index contributed by atoms with van der Waals surface area (Å²) in [5, 5.41) is 6.53. The highest BCUT2D eigenvalue weighted by atomic mass is 32.1. The Kier molecular flexibility index (Phi) is 4.24. The zero-order valence-electron chi connectivity index (χ0n) is 12.3. The van der Waals surface area contributed by atoms with Gasteiger partial charge in [0.25, 0.3) is 5.91 Å². The molecule has 0 saturated heterocycles. The topological polar surface area (TPSA) is 41.1 Å². The highest BCUT2D eigenvalue weighted by molar-refractivity contribution is 7.80. The smallest absolute Gasteiger partial charge is 0.257 e. The van der Waals surface area contributed by atoms with E-state index in [1.165, 1.54) is 25.7 Å². The molecular formula is C17H22N2OS. The molecule has 2 aliphatic carbocycles. The number of carbonyl (C=O) groups excluding carboxylic acids is 1. The zero-order valence-corrected chi connectivity index (χ0v) is 13.2. The molecule has 1 aromatic carbocycles. The predicted octanol–water partition coefficient (Wildman–Crippen LogP) is 3.12. The first kappa shape index (κ1) is 14.5. The van der Waals surface area contributed by atoms with E-state index in [1.54, 1.807) is 12.1 Å². The van der Waals surface area contributed by atoms with Crippen LogP contribution < -0.4 is 10.6 Å². The van der Waals surface area contributed by atoms with Gasteiger partial charge in [-0.05, 0) is 68.3 Å². The lowest BCUT2D eigenvalue weighted by atomic mass is 9.84. The summed E-state index contributed by atoms with van der Waals surface area (Å²) in [6, 6.07) is 9.51. The molecule has 4 unspecified atom stereocenters. The maximum Gasteiger partial charge on any atom is 0.257 e. The number of fused-ring (bicyclic) bond motifs is 2. The van der Waals surface area contributed by atoms with E-state index in [9.17, 15) is 4.79 Å². The molecule has 1 aromatic rings. The fourth-order valence-electron chi connectivity index (χ4n) is 4.02. The molecule has 0 spiro atoms. The molecule has 2 bridgehead atoms. The molecule has 0 heterocycles. The molecule has 1 amide bonds. The molecule has 0 aliphatic heterocycles. The number of nitrogens with one attached hydrogen (secondary N) is 2. The van der Waals surface area contributed by atoms with E-state index in [-0.39, 0.29) is 5.91 Å². The Hall–Kier alpha value is -1.42. The summed E-state index contributed by atoms with van der Waals surface area (Å²) in [5.41, 5.74) is 0.634. The van der Waals surface area contributed by atoms with Gasteiger partial charge in [0.1, 0.15) is 0 Å². The lowest BCUT2D eigenvalue weighted by Crippen LogP contribution is -2.46. The Morgan fingerprint density at radius 2 is 2.00 bits per heavy atom. The van der Waals surface area contributed by atoms with E-state index < -0.39 is 0 Å². The molecular weight excluding hydrogens is 280 g/mol. The summed E-state index contributed by atoms with van der Waals surface area (Å²) < 4.78 is 0. The Morgan fingerprint density at radius 3 is 2.62 bits per heavy atom. The number of hydrogen-bond donors (Lipinski definition) is 2. The first-order chi connectivity index (χ1) is 10.1. The molecule has 2 fully saturated rings. The molecule has 3 rings (SSSR count). The van der Waals surface area contributed by atoms with Gasteiger partial charge in [-0.25, -0.2) is 0 Å². The monoisotopic (exact) mass is 302 g/mol. The zero-order chi connectivity index (χ0) is 14.8. The summed E-state index contributed by atoms with van der Waals surface area (Å²) >= 11 is 5.28. The quantitative estimate of drug-likeness (QED) is 0.843. The summed E-state index contributed by atoms with van der Waals surface area (Å²) in [5.74, 6) is 2.34. The molecule has 2 aliphatic rings. The van der Waals surface area contributed by atoms with E-state index in [0.29, 0.717) is 22.6 Å². The molecule has 4 heteroatoms. The standard InChI is InChI=1S/C17H22N2OS/c1-11(15-10-12-7-8-14(15)9-12)18-17(21)19-16(20)13-5-3-2-4-6-13/h2-6,11-12,14-15H,7-10H2,1H3,(H2,18,19,20,21). The van der Waals surface area contributed by atoms with E-state index in [2.05, 4.69) is 17.6 Å². The SMILES string of the molecule is CC(NC(=S)NC(=O)c1ccccc1)C1CC2CCC1C2. The van der Waals surface area contributed by atoms with Crippen LogP contribution >= 0.6 is 12.2 Å². The van der Waals surface area contributed by atoms with Crippen LogP contribution in [0.2, 0.25) is 0 Å². The molecule has 2 N–H and O–H groups in total. The van der Waals surface area contributed by atoms with Gasteiger partial charge in [-0.1, -0.05) is 24.6 Å². The third kappa shape index (κ3) is 3.26. The van der Waals surface area contributed by atoms with Crippen molar-refractivity contribution in [2.75, 3.05) is 0 Å². The van der Waals surface area contributed by atoms with Crippen molar-refractivity contribution in [2.45, 2.75) is 38.6 Å². The Labute approximate surface area is 131 Å². The number of thiocarbonyl (C=S) groups is 1. The number of rotatable bonds is 3. The van der Waals surface area contributed by atoms with Crippen LogP contribution in [0.15, 0.2) is 30.3 Å². The highest BCUT2D eigenvalue weighted by Crippen LogP contribution is 2.49. The van der Waals surface area contributed by atoms with Gasteiger partial charge in [-0.3, -0.25) is 10.1 Å². The third-order valence-corrected chi connectivity index (χ3v) is 5.28. The second-order valence-corrected chi connectivity index (χ2v) is 6.83. The van der Waals surface area contributed by atoms with Crippen molar-refractivity contribution < 1.29 is 4.79 Å². The number of amides is 1. The second kappa shape index (κ2) is 6.14. The summed E-state index contributed by atoms with van der Waals surface area (Å²) in [6.07, 6.45) is 5.47. The van der Waals surface area contributed by atoms with Gasteiger partial charge in [-0.2, -0.15) is 0 Å². The van der Waals surface area contributed by atoms with E-state index in [4.69, 9.17) is 12.2 Å². The average molecular weight is 302 g/mol. The summed E-state index contributed by atoms with van der Waals surface area (Å²) in [7, 11) is 0. The van der Waals surface area contributed by atoms with Gasteiger partial charge in [0.05, 0.1) is 0 Å².